The summed E-state index contributed by atoms with van der Waals surface area (Å²) in [6.45, 7) is 5.28. The number of aliphatic hydroxyl groups is 1. The minimum Gasteiger partial charge on any atom is -0.395 e. The van der Waals surface area contributed by atoms with Crippen LogP contribution in [-0.2, 0) is 6.54 Å². The first-order chi connectivity index (χ1) is 11.7. The number of nitrogens with zero attached hydrogens (tertiary/aromatic N) is 5. The van der Waals surface area contributed by atoms with Crippen molar-refractivity contribution in [3.05, 3.63) is 47.0 Å². The number of aliphatic imine (C=N–C) groups is 1. The molecule has 0 amide bonds. The van der Waals surface area contributed by atoms with Crippen LogP contribution in [0.1, 0.15) is 11.4 Å². The number of rotatable bonds is 2. The Morgan fingerprint density at radius 3 is 2.79 bits per heavy atom. The highest BCUT2D eigenvalue weighted by atomic mass is 35.5. The van der Waals surface area contributed by atoms with Gasteiger partial charge in [-0.15, -0.1) is 0 Å². The third-order valence-electron chi connectivity index (χ3n) is 4.62. The maximum absolute atomic E-state index is 9.10. The average Bonchev–Trinajstić information content (AvgIpc) is 2.98. The van der Waals surface area contributed by atoms with E-state index in [-0.39, 0.29) is 6.61 Å². The van der Waals surface area contributed by atoms with Crippen molar-refractivity contribution in [2.75, 3.05) is 39.3 Å². The Bertz CT molecular complexity index is 764. The molecule has 0 aliphatic carbocycles. The van der Waals surface area contributed by atoms with Crippen molar-refractivity contribution in [2.45, 2.75) is 6.54 Å². The van der Waals surface area contributed by atoms with Crippen LogP contribution in [0.2, 0.25) is 5.02 Å². The van der Waals surface area contributed by atoms with Gasteiger partial charge in [0.05, 0.1) is 18.8 Å². The summed E-state index contributed by atoms with van der Waals surface area (Å²) in [6.07, 6.45) is 3.82. The SMILES string of the molecule is OCCN1CCN(C2=Nc3cc(Cl)ccc3Cn3ccnc32)CC1. The molecule has 4 rings (SSSR count). The van der Waals surface area contributed by atoms with E-state index in [1.54, 1.807) is 0 Å². The van der Waals surface area contributed by atoms with Crippen LogP contribution in [0.3, 0.4) is 0 Å². The van der Waals surface area contributed by atoms with Gasteiger partial charge in [-0.2, -0.15) is 0 Å². The van der Waals surface area contributed by atoms with E-state index in [0.29, 0.717) is 5.02 Å². The molecule has 0 unspecified atom stereocenters. The number of β-amino-alcohol motifs (C(OH)–C–C–N with tert-alkyl or cyclic N) is 1. The Balaban J connectivity index is 1.68. The number of hydrogen-bond acceptors (Lipinski definition) is 5. The van der Waals surface area contributed by atoms with Crippen LogP contribution < -0.4 is 0 Å². The minimum absolute atomic E-state index is 0.206. The fraction of sp³-hybridized carbons (Fsp3) is 0.412. The Hall–Kier alpha value is -1.89. The summed E-state index contributed by atoms with van der Waals surface area (Å²) >= 11 is 6.17. The monoisotopic (exact) mass is 345 g/mol. The van der Waals surface area contributed by atoms with Crippen molar-refractivity contribution in [1.29, 1.82) is 0 Å². The van der Waals surface area contributed by atoms with Gasteiger partial charge < -0.3 is 14.6 Å². The quantitative estimate of drug-likeness (QED) is 0.898. The Labute approximate surface area is 146 Å². The van der Waals surface area contributed by atoms with Gasteiger partial charge in [-0.3, -0.25) is 4.90 Å². The van der Waals surface area contributed by atoms with E-state index in [9.17, 15) is 0 Å². The Morgan fingerprint density at radius 1 is 1.17 bits per heavy atom. The Kier molecular flexibility index (Phi) is 4.26. The van der Waals surface area contributed by atoms with Crippen molar-refractivity contribution in [2.24, 2.45) is 4.99 Å². The highest BCUT2D eigenvalue weighted by molar-refractivity contribution is 6.30. The Morgan fingerprint density at radius 2 is 2.00 bits per heavy atom. The maximum atomic E-state index is 9.10. The van der Waals surface area contributed by atoms with Crippen LogP contribution in [0, 0.1) is 0 Å². The van der Waals surface area contributed by atoms with Gasteiger partial charge in [-0.05, 0) is 17.7 Å². The second-order valence-electron chi connectivity index (χ2n) is 6.14. The fourth-order valence-electron chi connectivity index (χ4n) is 3.30. The van der Waals surface area contributed by atoms with Gasteiger partial charge in [-0.25, -0.2) is 9.98 Å². The first kappa shape index (κ1) is 15.6. The number of piperazine rings is 1. The van der Waals surface area contributed by atoms with Gasteiger partial charge in [0.25, 0.3) is 0 Å². The fourth-order valence-corrected chi connectivity index (χ4v) is 3.47. The first-order valence-electron chi connectivity index (χ1n) is 8.21. The van der Waals surface area contributed by atoms with Gasteiger partial charge in [0.2, 0.25) is 0 Å². The molecule has 1 N–H and O–H groups in total. The van der Waals surface area contributed by atoms with Crippen molar-refractivity contribution in [3.63, 3.8) is 0 Å². The van der Waals surface area contributed by atoms with Gasteiger partial charge in [0.15, 0.2) is 11.7 Å². The number of amidine groups is 1. The van der Waals surface area contributed by atoms with Crippen LogP contribution in [0.5, 0.6) is 0 Å². The van der Waals surface area contributed by atoms with Crippen LogP contribution in [-0.4, -0.2) is 69.6 Å². The van der Waals surface area contributed by atoms with Gasteiger partial charge in [-0.1, -0.05) is 17.7 Å². The highest BCUT2D eigenvalue weighted by Gasteiger charge is 2.25. The minimum atomic E-state index is 0.206. The van der Waals surface area contributed by atoms with Crippen LogP contribution in [0.4, 0.5) is 5.69 Å². The predicted molar refractivity (Wildman–Crippen MR) is 94.1 cm³/mol. The molecular formula is C17H20ClN5O. The topological polar surface area (TPSA) is 56.9 Å². The number of hydrogen-bond donors (Lipinski definition) is 1. The lowest BCUT2D eigenvalue weighted by molar-refractivity contribution is 0.147. The standard InChI is InChI=1S/C17H20ClN5O/c18-14-2-1-13-12-23-4-3-19-16(23)17(20-15(13)11-14)22-7-5-21(6-8-22)9-10-24/h1-4,11,24H,5-10,12H2. The van der Waals surface area contributed by atoms with E-state index in [0.717, 1.165) is 62.2 Å². The number of fused-ring (bicyclic) bond motifs is 2. The van der Waals surface area contributed by atoms with Gasteiger partial charge in [0.1, 0.15) is 0 Å². The molecule has 1 aromatic heterocycles. The molecule has 2 aliphatic heterocycles. The molecule has 126 valence electrons. The van der Waals surface area contributed by atoms with E-state index in [1.807, 2.05) is 30.6 Å². The molecule has 2 aliphatic rings. The van der Waals surface area contributed by atoms with Crippen molar-refractivity contribution in [1.82, 2.24) is 19.4 Å². The van der Waals surface area contributed by atoms with Crippen LogP contribution >= 0.6 is 11.6 Å². The molecule has 0 atom stereocenters. The van der Waals surface area contributed by atoms with E-state index in [1.165, 1.54) is 0 Å². The summed E-state index contributed by atoms with van der Waals surface area (Å²) < 4.78 is 2.14. The zero-order valence-electron chi connectivity index (χ0n) is 13.4. The normalized spacial score (nSPS) is 17.9. The summed E-state index contributed by atoms with van der Waals surface area (Å²) in [5, 5.41) is 9.80. The van der Waals surface area contributed by atoms with E-state index >= 15 is 0 Å². The molecule has 1 saturated heterocycles. The third-order valence-corrected chi connectivity index (χ3v) is 4.85. The largest absolute Gasteiger partial charge is 0.395 e. The second kappa shape index (κ2) is 6.55. The van der Waals surface area contributed by atoms with E-state index < -0.39 is 0 Å². The maximum Gasteiger partial charge on any atom is 0.176 e. The van der Waals surface area contributed by atoms with Crippen LogP contribution in [0.25, 0.3) is 0 Å². The molecule has 1 aromatic carbocycles. The van der Waals surface area contributed by atoms with Gasteiger partial charge in [0, 0.05) is 50.1 Å². The van der Waals surface area contributed by atoms with Crippen molar-refractivity contribution in [3.8, 4) is 0 Å². The lowest BCUT2D eigenvalue weighted by atomic mass is 10.2. The summed E-state index contributed by atoms with van der Waals surface area (Å²) in [5.74, 6) is 1.81. The van der Waals surface area contributed by atoms with E-state index in [2.05, 4.69) is 19.4 Å². The average molecular weight is 346 g/mol. The molecule has 0 bridgehead atoms. The summed E-state index contributed by atoms with van der Waals surface area (Å²) in [4.78, 5) is 14.0. The summed E-state index contributed by atoms with van der Waals surface area (Å²) in [6, 6.07) is 5.86. The molecule has 0 radical (unpaired) electrons. The van der Waals surface area contributed by atoms with Crippen LogP contribution in [0.15, 0.2) is 35.6 Å². The number of aliphatic hydroxyl groups excluding tert-OH is 1. The molecule has 24 heavy (non-hydrogen) atoms. The van der Waals surface area contributed by atoms with E-state index in [4.69, 9.17) is 21.7 Å². The molecule has 6 nitrogen and oxygen atoms in total. The predicted octanol–water partition coefficient (Wildman–Crippen LogP) is 1.59. The molecule has 0 spiro atoms. The smallest absolute Gasteiger partial charge is 0.176 e. The zero-order valence-corrected chi connectivity index (χ0v) is 14.2. The molecule has 1 fully saturated rings. The van der Waals surface area contributed by atoms with Gasteiger partial charge >= 0.3 is 0 Å². The summed E-state index contributed by atoms with van der Waals surface area (Å²) in [5.41, 5.74) is 2.06. The second-order valence-corrected chi connectivity index (χ2v) is 6.58. The third kappa shape index (κ3) is 2.92. The molecule has 3 heterocycles. The molecule has 7 heteroatoms. The van der Waals surface area contributed by atoms with Crippen molar-refractivity contribution < 1.29 is 5.11 Å². The summed E-state index contributed by atoms with van der Waals surface area (Å²) in [7, 11) is 0. The number of aromatic nitrogens is 2. The number of benzene rings is 1. The molecular weight excluding hydrogens is 326 g/mol. The first-order valence-corrected chi connectivity index (χ1v) is 8.59. The highest BCUT2D eigenvalue weighted by Crippen LogP contribution is 2.29. The molecule has 0 saturated carbocycles. The number of imidazole rings is 1. The van der Waals surface area contributed by atoms with Crippen molar-refractivity contribution >= 4 is 23.1 Å². The number of halogens is 1. The molecule has 2 aromatic rings. The zero-order chi connectivity index (χ0) is 16.5. The lowest BCUT2D eigenvalue weighted by Gasteiger charge is -2.35. The lowest BCUT2D eigenvalue weighted by Crippen LogP contribution is -2.49.